The molecular formula is C15H22N2O4. The van der Waals surface area contributed by atoms with Crippen molar-refractivity contribution in [3.8, 4) is 5.75 Å². The average Bonchev–Trinajstić information content (AvgIpc) is 2.49. The fourth-order valence-corrected chi connectivity index (χ4v) is 1.79. The van der Waals surface area contributed by atoms with Crippen LogP contribution < -0.4 is 10.1 Å². The Hall–Kier alpha value is -2.08. The zero-order valence-electron chi connectivity index (χ0n) is 12.6. The van der Waals surface area contributed by atoms with Crippen LogP contribution in [0.1, 0.15) is 18.9 Å². The summed E-state index contributed by atoms with van der Waals surface area (Å²) in [7, 11) is 3.33. The van der Waals surface area contributed by atoms with Gasteiger partial charge in [0.25, 0.3) is 0 Å². The number of likely N-dealkylation sites (N-methyl/N-ethyl adjacent to an activating group) is 1. The van der Waals surface area contributed by atoms with Gasteiger partial charge in [0.05, 0.1) is 19.6 Å². The number of rotatable bonds is 8. The molecule has 21 heavy (non-hydrogen) atoms. The van der Waals surface area contributed by atoms with Crippen LogP contribution >= 0.6 is 0 Å². The van der Waals surface area contributed by atoms with Gasteiger partial charge < -0.3 is 15.2 Å². The zero-order chi connectivity index (χ0) is 15.8. The normalized spacial score (nSPS) is 12.0. The Balaban J connectivity index is 2.46. The lowest BCUT2D eigenvalue weighted by atomic mass is 10.2. The zero-order valence-corrected chi connectivity index (χ0v) is 12.6. The van der Waals surface area contributed by atoms with Gasteiger partial charge in [-0.3, -0.25) is 14.5 Å². The van der Waals surface area contributed by atoms with E-state index in [4.69, 9.17) is 9.84 Å². The van der Waals surface area contributed by atoms with Crippen LogP contribution in [0.5, 0.6) is 5.75 Å². The number of hydrogen-bond acceptors (Lipinski definition) is 4. The number of benzene rings is 1. The fraction of sp³-hybridized carbons (Fsp3) is 0.467. The molecule has 0 aliphatic carbocycles. The Morgan fingerprint density at radius 2 is 2.14 bits per heavy atom. The lowest BCUT2D eigenvalue weighted by Crippen LogP contribution is -2.43. The summed E-state index contributed by atoms with van der Waals surface area (Å²) in [6.07, 6.45) is 0.0179. The number of hydrogen-bond donors (Lipinski definition) is 2. The van der Waals surface area contributed by atoms with Crippen LogP contribution in [-0.4, -0.2) is 48.6 Å². The lowest BCUT2D eigenvalue weighted by molar-refractivity contribution is -0.138. The molecular weight excluding hydrogens is 272 g/mol. The van der Waals surface area contributed by atoms with Gasteiger partial charge in [0.15, 0.2) is 0 Å². The quantitative estimate of drug-likeness (QED) is 0.751. The average molecular weight is 294 g/mol. The number of carboxylic acids is 1. The number of amides is 1. The molecule has 1 rings (SSSR count). The van der Waals surface area contributed by atoms with Crippen LogP contribution in [-0.2, 0) is 16.1 Å². The number of carboxylic acid groups (broad SMARTS) is 1. The molecule has 116 valence electrons. The van der Waals surface area contributed by atoms with Crippen molar-refractivity contribution in [3.63, 3.8) is 0 Å². The molecule has 0 aliphatic heterocycles. The molecule has 0 spiro atoms. The predicted octanol–water partition coefficient (Wildman–Crippen LogP) is 1.11. The summed E-state index contributed by atoms with van der Waals surface area (Å²) < 4.78 is 5.13. The van der Waals surface area contributed by atoms with Crippen molar-refractivity contribution < 1.29 is 19.4 Å². The second kappa shape index (κ2) is 8.26. The summed E-state index contributed by atoms with van der Waals surface area (Å²) in [6, 6.07) is 7.09. The maximum absolute atomic E-state index is 12.0. The van der Waals surface area contributed by atoms with E-state index < -0.39 is 5.97 Å². The second-order valence-corrected chi connectivity index (χ2v) is 4.87. The molecule has 0 aromatic heterocycles. The highest BCUT2D eigenvalue weighted by molar-refractivity contribution is 5.81. The van der Waals surface area contributed by atoms with Crippen LogP contribution in [0, 0.1) is 0 Å². The van der Waals surface area contributed by atoms with E-state index in [1.807, 2.05) is 24.3 Å². The van der Waals surface area contributed by atoms with Gasteiger partial charge in [-0.15, -0.1) is 0 Å². The Bertz CT molecular complexity index is 490. The largest absolute Gasteiger partial charge is 0.497 e. The van der Waals surface area contributed by atoms with Crippen molar-refractivity contribution in [2.24, 2.45) is 0 Å². The van der Waals surface area contributed by atoms with Gasteiger partial charge in [-0.05, 0) is 31.7 Å². The molecule has 0 radical (unpaired) electrons. The van der Waals surface area contributed by atoms with Crippen LogP contribution in [0.15, 0.2) is 24.3 Å². The first kappa shape index (κ1) is 17.0. The summed E-state index contributed by atoms with van der Waals surface area (Å²) in [6.45, 7) is 2.50. The molecule has 1 unspecified atom stereocenters. The SMILES string of the molecule is COc1cccc(CNC(=O)C(C)N(C)CCC(=O)O)c1. The van der Waals surface area contributed by atoms with E-state index in [1.54, 1.807) is 26.0 Å². The maximum Gasteiger partial charge on any atom is 0.304 e. The first-order valence-electron chi connectivity index (χ1n) is 6.76. The van der Waals surface area contributed by atoms with E-state index in [-0.39, 0.29) is 18.4 Å². The minimum absolute atomic E-state index is 0.0179. The summed E-state index contributed by atoms with van der Waals surface area (Å²) >= 11 is 0. The third-order valence-corrected chi connectivity index (χ3v) is 3.32. The highest BCUT2D eigenvalue weighted by Crippen LogP contribution is 2.12. The molecule has 1 aromatic carbocycles. The summed E-state index contributed by atoms with van der Waals surface area (Å²) in [5, 5.41) is 11.5. The number of ether oxygens (including phenoxy) is 1. The molecule has 0 aliphatic rings. The van der Waals surface area contributed by atoms with E-state index in [0.29, 0.717) is 13.1 Å². The first-order valence-corrected chi connectivity index (χ1v) is 6.76. The molecule has 1 aromatic rings. The summed E-state index contributed by atoms with van der Waals surface area (Å²) in [5.74, 6) is -0.259. The second-order valence-electron chi connectivity index (χ2n) is 4.87. The van der Waals surface area contributed by atoms with Crippen molar-refractivity contribution in [1.82, 2.24) is 10.2 Å². The van der Waals surface area contributed by atoms with Gasteiger partial charge in [-0.25, -0.2) is 0 Å². The number of methoxy groups -OCH3 is 1. The molecule has 0 fully saturated rings. The highest BCUT2D eigenvalue weighted by atomic mass is 16.5. The summed E-state index contributed by atoms with van der Waals surface area (Å²) in [5.41, 5.74) is 0.947. The van der Waals surface area contributed by atoms with Crippen LogP contribution in [0.3, 0.4) is 0 Å². The number of carbonyl (C=O) groups is 2. The monoisotopic (exact) mass is 294 g/mol. The van der Waals surface area contributed by atoms with Gasteiger partial charge in [-0.1, -0.05) is 12.1 Å². The molecule has 6 nitrogen and oxygen atoms in total. The molecule has 0 saturated heterocycles. The lowest BCUT2D eigenvalue weighted by Gasteiger charge is -2.23. The number of nitrogens with zero attached hydrogens (tertiary/aromatic N) is 1. The van der Waals surface area contributed by atoms with Gasteiger partial charge >= 0.3 is 5.97 Å². The number of aliphatic carboxylic acids is 1. The van der Waals surface area contributed by atoms with E-state index in [0.717, 1.165) is 11.3 Å². The Morgan fingerprint density at radius 1 is 1.43 bits per heavy atom. The first-order chi connectivity index (χ1) is 9.93. The van der Waals surface area contributed by atoms with Crippen molar-refractivity contribution in [2.75, 3.05) is 20.7 Å². The molecule has 1 amide bonds. The van der Waals surface area contributed by atoms with E-state index >= 15 is 0 Å². The van der Waals surface area contributed by atoms with Crippen LogP contribution in [0.4, 0.5) is 0 Å². The standard InChI is InChI=1S/C15H22N2O4/c1-11(17(2)8-7-14(18)19)15(20)16-10-12-5-4-6-13(9-12)21-3/h4-6,9,11H,7-8,10H2,1-3H3,(H,16,20)(H,18,19). The van der Waals surface area contributed by atoms with E-state index in [1.165, 1.54) is 0 Å². The Kier molecular flexibility index (Phi) is 6.68. The molecule has 0 heterocycles. The number of carbonyl (C=O) groups excluding carboxylic acids is 1. The van der Waals surface area contributed by atoms with E-state index in [9.17, 15) is 9.59 Å². The summed E-state index contributed by atoms with van der Waals surface area (Å²) in [4.78, 5) is 24.3. The number of nitrogens with one attached hydrogen (secondary N) is 1. The minimum atomic E-state index is -0.870. The Morgan fingerprint density at radius 3 is 2.76 bits per heavy atom. The third-order valence-electron chi connectivity index (χ3n) is 3.32. The van der Waals surface area contributed by atoms with Gasteiger partial charge in [0.1, 0.15) is 5.75 Å². The minimum Gasteiger partial charge on any atom is -0.497 e. The molecule has 1 atom stereocenters. The van der Waals surface area contributed by atoms with Gasteiger partial charge in [-0.2, -0.15) is 0 Å². The van der Waals surface area contributed by atoms with Crippen molar-refractivity contribution in [2.45, 2.75) is 25.9 Å². The van der Waals surface area contributed by atoms with Crippen molar-refractivity contribution in [1.29, 1.82) is 0 Å². The van der Waals surface area contributed by atoms with Crippen molar-refractivity contribution in [3.05, 3.63) is 29.8 Å². The molecule has 0 saturated carbocycles. The Labute approximate surface area is 124 Å². The molecule has 0 bridgehead atoms. The maximum atomic E-state index is 12.0. The topological polar surface area (TPSA) is 78.9 Å². The fourth-order valence-electron chi connectivity index (χ4n) is 1.79. The van der Waals surface area contributed by atoms with Gasteiger partial charge in [0, 0.05) is 13.1 Å². The van der Waals surface area contributed by atoms with Crippen LogP contribution in [0.25, 0.3) is 0 Å². The predicted molar refractivity (Wildman–Crippen MR) is 79.2 cm³/mol. The third kappa shape index (κ3) is 5.83. The molecule has 2 N–H and O–H groups in total. The van der Waals surface area contributed by atoms with Gasteiger partial charge in [0.2, 0.25) is 5.91 Å². The smallest absolute Gasteiger partial charge is 0.304 e. The van der Waals surface area contributed by atoms with E-state index in [2.05, 4.69) is 5.32 Å². The highest BCUT2D eigenvalue weighted by Gasteiger charge is 2.18. The van der Waals surface area contributed by atoms with Crippen molar-refractivity contribution >= 4 is 11.9 Å². The van der Waals surface area contributed by atoms with Crippen LogP contribution in [0.2, 0.25) is 0 Å². The molecule has 6 heteroatoms.